The first-order valence-electron chi connectivity index (χ1n) is 11.2. The lowest BCUT2D eigenvalue weighted by Crippen LogP contribution is -2.34. The molecular formula is C23H35N3O3. The van der Waals surface area contributed by atoms with E-state index in [-0.39, 0.29) is 11.9 Å². The molecule has 1 saturated carbocycles. The van der Waals surface area contributed by atoms with Gasteiger partial charge in [0.05, 0.1) is 12.7 Å². The Morgan fingerprint density at radius 2 is 1.69 bits per heavy atom. The number of urea groups is 1. The van der Waals surface area contributed by atoms with Gasteiger partial charge in [-0.15, -0.1) is 0 Å². The highest BCUT2D eigenvalue weighted by atomic mass is 16.5. The molecule has 1 aromatic rings. The van der Waals surface area contributed by atoms with Crippen LogP contribution in [0.1, 0.15) is 68.6 Å². The van der Waals surface area contributed by atoms with Crippen LogP contribution in [0.2, 0.25) is 0 Å². The largest absolute Gasteiger partial charge is 0.376 e. The molecule has 1 saturated heterocycles. The van der Waals surface area contributed by atoms with Gasteiger partial charge in [-0.25, -0.2) is 4.79 Å². The Hall–Kier alpha value is -2.08. The van der Waals surface area contributed by atoms with Crippen molar-refractivity contribution in [2.75, 3.05) is 31.6 Å². The lowest BCUT2D eigenvalue weighted by atomic mass is 9.88. The number of ether oxygens (including phenoxy) is 1. The monoisotopic (exact) mass is 401 g/mol. The molecule has 2 aliphatic rings. The van der Waals surface area contributed by atoms with Crippen molar-refractivity contribution in [1.29, 1.82) is 0 Å². The van der Waals surface area contributed by atoms with E-state index < -0.39 is 0 Å². The zero-order chi connectivity index (χ0) is 20.5. The molecule has 0 bridgehead atoms. The molecule has 1 heterocycles. The SMILES string of the molecule is C[C@@H]1CCCC[C@@H]1OCCNC(=O)Nc1ccc(C(=O)N2CCCCCC2)cc1. The van der Waals surface area contributed by atoms with Gasteiger partial charge in [0, 0.05) is 30.9 Å². The number of hydrogen-bond acceptors (Lipinski definition) is 3. The molecule has 2 atom stereocenters. The Labute approximate surface area is 174 Å². The highest BCUT2D eigenvalue weighted by Gasteiger charge is 2.21. The summed E-state index contributed by atoms with van der Waals surface area (Å²) in [6.07, 6.45) is 9.76. The Kier molecular flexibility index (Phi) is 8.35. The summed E-state index contributed by atoms with van der Waals surface area (Å²) in [5, 5.41) is 5.65. The zero-order valence-electron chi connectivity index (χ0n) is 17.6. The predicted octanol–water partition coefficient (Wildman–Crippen LogP) is 4.42. The highest BCUT2D eigenvalue weighted by Crippen LogP contribution is 2.26. The predicted molar refractivity (Wildman–Crippen MR) is 115 cm³/mol. The minimum Gasteiger partial charge on any atom is -0.376 e. The molecule has 1 aromatic carbocycles. The summed E-state index contributed by atoms with van der Waals surface area (Å²) in [4.78, 5) is 26.6. The van der Waals surface area contributed by atoms with Gasteiger partial charge in [-0.1, -0.05) is 32.6 Å². The van der Waals surface area contributed by atoms with Gasteiger partial charge >= 0.3 is 6.03 Å². The maximum Gasteiger partial charge on any atom is 0.319 e. The van der Waals surface area contributed by atoms with Gasteiger partial charge in [-0.3, -0.25) is 4.79 Å². The third-order valence-electron chi connectivity index (χ3n) is 6.04. The standard InChI is InChI=1S/C23H35N3O3/c1-18-8-4-5-9-21(18)29-17-14-24-23(28)25-20-12-10-19(11-13-20)22(27)26-15-6-2-3-7-16-26/h10-13,18,21H,2-9,14-17H2,1H3,(H2,24,25,28)/t18-,21+/m1/s1. The molecule has 0 spiro atoms. The number of nitrogens with zero attached hydrogens (tertiary/aromatic N) is 1. The molecule has 0 radical (unpaired) electrons. The first kappa shape index (κ1) is 21.6. The van der Waals surface area contributed by atoms with Crippen LogP contribution in [0.3, 0.4) is 0 Å². The average molecular weight is 402 g/mol. The molecule has 3 rings (SSSR count). The Bertz CT molecular complexity index is 654. The van der Waals surface area contributed by atoms with Crippen LogP contribution >= 0.6 is 0 Å². The normalized spacial score (nSPS) is 22.6. The molecule has 1 aliphatic heterocycles. The number of anilines is 1. The molecule has 0 unspecified atom stereocenters. The number of rotatable bonds is 6. The summed E-state index contributed by atoms with van der Waals surface area (Å²) in [5.74, 6) is 0.685. The topological polar surface area (TPSA) is 70.7 Å². The Morgan fingerprint density at radius 3 is 2.38 bits per heavy atom. The van der Waals surface area contributed by atoms with Crippen molar-refractivity contribution in [3.63, 3.8) is 0 Å². The zero-order valence-corrected chi connectivity index (χ0v) is 17.6. The smallest absolute Gasteiger partial charge is 0.319 e. The van der Waals surface area contributed by atoms with E-state index in [1.54, 1.807) is 24.3 Å². The molecule has 6 heteroatoms. The highest BCUT2D eigenvalue weighted by molar-refractivity contribution is 5.95. The summed E-state index contributed by atoms with van der Waals surface area (Å²) in [6.45, 7) is 4.93. The van der Waals surface area contributed by atoms with E-state index in [1.165, 1.54) is 32.1 Å². The fraction of sp³-hybridized carbons (Fsp3) is 0.652. The second-order valence-corrected chi connectivity index (χ2v) is 8.34. The molecule has 2 fully saturated rings. The van der Waals surface area contributed by atoms with Gasteiger partial charge in [0.1, 0.15) is 0 Å². The summed E-state index contributed by atoms with van der Waals surface area (Å²) in [6, 6.07) is 6.89. The number of carbonyl (C=O) groups excluding carboxylic acids is 2. The van der Waals surface area contributed by atoms with Crippen molar-refractivity contribution in [2.24, 2.45) is 5.92 Å². The van der Waals surface area contributed by atoms with Crippen LogP contribution in [0.4, 0.5) is 10.5 Å². The van der Waals surface area contributed by atoms with Crippen molar-refractivity contribution >= 4 is 17.6 Å². The molecule has 6 nitrogen and oxygen atoms in total. The Balaban J connectivity index is 1.38. The first-order valence-corrected chi connectivity index (χ1v) is 11.2. The van der Waals surface area contributed by atoms with Crippen LogP contribution < -0.4 is 10.6 Å². The van der Waals surface area contributed by atoms with Gasteiger partial charge < -0.3 is 20.3 Å². The van der Waals surface area contributed by atoms with Crippen molar-refractivity contribution in [3.8, 4) is 0 Å². The minimum absolute atomic E-state index is 0.0805. The molecule has 2 N–H and O–H groups in total. The summed E-state index contributed by atoms with van der Waals surface area (Å²) < 4.78 is 5.92. The number of amides is 3. The second-order valence-electron chi connectivity index (χ2n) is 8.34. The van der Waals surface area contributed by atoms with E-state index in [2.05, 4.69) is 17.6 Å². The van der Waals surface area contributed by atoms with E-state index in [9.17, 15) is 9.59 Å². The summed E-state index contributed by atoms with van der Waals surface area (Å²) in [5.41, 5.74) is 1.35. The summed E-state index contributed by atoms with van der Waals surface area (Å²) >= 11 is 0. The summed E-state index contributed by atoms with van der Waals surface area (Å²) in [7, 11) is 0. The van der Waals surface area contributed by atoms with Crippen LogP contribution in [0.15, 0.2) is 24.3 Å². The van der Waals surface area contributed by atoms with Gasteiger partial charge in [0.25, 0.3) is 5.91 Å². The fourth-order valence-electron chi connectivity index (χ4n) is 4.23. The Morgan fingerprint density at radius 1 is 1.00 bits per heavy atom. The van der Waals surface area contributed by atoms with Crippen LogP contribution in [-0.4, -0.2) is 49.2 Å². The molecule has 29 heavy (non-hydrogen) atoms. The number of likely N-dealkylation sites (tertiary alicyclic amines) is 1. The fourth-order valence-corrected chi connectivity index (χ4v) is 4.23. The first-order chi connectivity index (χ1) is 14.1. The number of hydrogen-bond donors (Lipinski definition) is 2. The van der Waals surface area contributed by atoms with E-state index in [4.69, 9.17) is 4.74 Å². The maximum atomic E-state index is 12.6. The van der Waals surface area contributed by atoms with Crippen LogP contribution in [0.25, 0.3) is 0 Å². The minimum atomic E-state index is -0.253. The van der Waals surface area contributed by atoms with Crippen molar-refractivity contribution < 1.29 is 14.3 Å². The lowest BCUT2D eigenvalue weighted by Gasteiger charge is -2.28. The molecular weight excluding hydrogens is 366 g/mol. The number of carbonyl (C=O) groups is 2. The number of benzene rings is 1. The van der Waals surface area contributed by atoms with Crippen LogP contribution in [0, 0.1) is 5.92 Å². The molecule has 3 amide bonds. The van der Waals surface area contributed by atoms with Gasteiger partial charge in [-0.05, 0) is 55.9 Å². The molecule has 160 valence electrons. The van der Waals surface area contributed by atoms with Gasteiger partial charge in [-0.2, -0.15) is 0 Å². The lowest BCUT2D eigenvalue weighted by molar-refractivity contribution is -0.00232. The molecule has 1 aliphatic carbocycles. The van der Waals surface area contributed by atoms with Crippen molar-refractivity contribution in [2.45, 2.75) is 64.4 Å². The third-order valence-corrected chi connectivity index (χ3v) is 6.04. The third kappa shape index (κ3) is 6.74. The van der Waals surface area contributed by atoms with Crippen LogP contribution in [-0.2, 0) is 4.74 Å². The van der Waals surface area contributed by atoms with E-state index in [1.807, 2.05) is 4.90 Å². The van der Waals surface area contributed by atoms with Crippen molar-refractivity contribution in [1.82, 2.24) is 10.2 Å². The quantitative estimate of drug-likeness (QED) is 0.693. The van der Waals surface area contributed by atoms with Crippen molar-refractivity contribution in [3.05, 3.63) is 29.8 Å². The second kappa shape index (κ2) is 11.2. The maximum absolute atomic E-state index is 12.6. The van der Waals surface area contributed by atoms with E-state index >= 15 is 0 Å². The van der Waals surface area contributed by atoms with E-state index in [0.717, 1.165) is 32.4 Å². The van der Waals surface area contributed by atoms with Gasteiger partial charge in [0.2, 0.25) is 0 Å². The average Bonchev–Trinajstić information content (AvgIpc) is 3.02. The van der Waals surface area contributed by atoms with Crippen LogP contribution in [0.5, 0.6) is 0 Å². The van der Waals surface area contributed by atoms with Gasteiger partial charge in [0.15, 0.2) is 0 Å². The number of nitrogens with one attached hydrogen (secondary N) is 2. The molecule has 0 aromatic heterocycles. The van der Waals surface area contributed by atoms with E-state index in [0.29, 0.717) is 36.4 Å².